The number of benzene rings is 1. The molecule has 0 aliphatic heterocycles. The first-order chi connectivity index (χ1) is 9.59. The van der Waals surface area contributed by atoms with Crippen LogP contribution in [0.15, 0.2) is 53.5 Å². The molecule has 0 fully saturated rings. The van der Waals surface area contributed by atoms with Crippen molar-refractivity contribution in [1.29, 1.82) is 0 Å². The number of hydrogen-bond donors (Lipinski definition) is 0. The van der Waals surface area contributed by atoms with Gasteiger partial charge in [-0.05, 0) is 18.6 Å². The van der Waals surface area contributed by atoms with E-state index in [1.807, 2.05) is 36.4 Å². The molecule has 0 amide bonds. The van der Waals surface area contributed by atoms with E-state index >= 15 is 0 Å². The van der Waals surface area contributed by atoms with E-state index in [2.05, 4.69) is 0 Å². The maximum Gasteiger partial charge on any atom is 0.336 e. The van der Waals surface area contributed by atoms with Gasteiger partial charge in [0.25, 0.3) is 0 Å². The molecule has 0 saturated heterocycles. The van der Waals surface area contributed by atoms with Crippen LogP contribution in [-0.4, -0.2) is 9.49 Å². The molecule has 1 aromatic heterocycles. The second kappa shape index (κ2) is 5.97. The molecule has 20 heavy (non-hydrogen) atoms. The second-order valence-electron chi connectivity index (χ2n) is 4.38. The molecule has 0 saturated carbocycles. The summed E-state index contributed by atoms with van der Waals surface area (Å²) in [6.45, 7) is 1.86. The van der Waals surface area contributed by atoms with Crippen molar-refractivity contribution in [3.8, 4) is 0 Å². The van der Waals surface area contributed by atoms with Crippen molar-refractivity contribution in [1.82, 2.24) is 4.57 Å². The SMILES string of the molecule is Cc1ccn(C/C=C/c2ccccc2)c(=O)c1[N+](=O)[O-]. The van der Waals surface area contributed by atoms with Crippen LogP contribution in [0, 0.1) is 17.0 Å². The normalized spacial score (nSPS) is 10.8. The quantitative estimate of drug-likeness (QED) is 0.633. The highest BCUT2D eigenvalue weighted by molar-refractivity contribution is 5.48. The molecule has 0 spiro atoms. The lowest BCUT2D eigenvalue weighted by Crippen LogP contribution is -2.22. The Morgan fingerprint density at radius 2 is 1.95 bits per heavy atom. The number of allylic oxidation sites excluding steroid dienone is 1. The zero-order valence-electron chi connectivity index (χ0n) is 11.0. The average molecular weight is 270 g/mol. The van der Waals surface area contributed by atoms with Gasteiger partial charge in [0.1, 0.15) is 0 Å². The third kappa shape index (κ3) is 3.00. The zero-order valence-corrected chi connectivity index (χ0v) is 11.0. The molecule has 0 atom stereocenters. The van der Waals surface area contributed by atoms with E-state index in [0.717, 1.165) is 5.56 Å². The van der Waals surface area contributed by atoms with Gasteiger partial charge in [-0.3, -0.25) is 14.9 Å². The van der Waals surface area contributed by atoms with Crippen molar-refractivity contribution in [3.05, 3.63) is 80.3 Å². The van der Waals surface area contributed by atoms with Crippen LogP contribution in [0.2, 0.25) is 0 Å². The molecule has 0 unspecified atom stereocenters. The van der Waals surface area contributed by atoms with Gasteiger partial charge in [0.05, 0.1) is 4.92 Å². The number of nitro groups is 1. The molecule has 2 aromatic rings. The molecule has 5 heteroatoms. The molecule has 1 heterocycles. The lowest BCUT2D eigenvalue weighted by molar-refractivity contribution is -0.387. The topological polar surface area (TPSA) is 65.1 Å². The number of aryl methyl sites for hydroxylation is 1. The second-order valence-corrected chi connectivity index (χ2v) is 4.38. The Labute approximate surface area is 116 Å². The van der Waals surface area contributed by atoms with Gasteiger partial charge in [0.15, 0.2) is 0 Å². The Morgan fingerprint density at radius 3 is 2.60 bits per heavy atom. The number of pyridine rings is 1. The van der Waals surface area contributed by atoms with E-state index in [1.54, 1.807) is 25.3 Å². The minimum atomic E-state index is -0.630. The fourth-order valence-corrected chi connectivity index (χ4v) is 1.89. The van der Waals surface area contributed by atoms with Gasteiger partial charge in [-0.15, -0.1) is 0 Å². The van der Waals surface area contributed by atoms with Gasteiger partial charge in [0.2, 0.25) is 0 Å². The molecule has 0 bridgehead atoms. The van der Waals surface area contributed by atoms with E-state index < -0.39 is 10.5 Å². The molecule has 0 aliphatic carbocycles. The summed E-state index contributed by atoms with van der Waals surface area (Å²) in [6.07, 6.45) is 5.24. The molecule has 0 radical (unpaired) electrons. The summed E-state index contributed by atoms with van der Waals surface area (Å²) < 4.78 is 1.32. The summed E-state index contributed by atoms with van der Waals surface area (Å²) in [6, 6.07) is 11.2. The zero-order chi connectivity index (χ0) is 14.5. The highest BCUT2D eigenvalue weighted by atomic mass is 16.6. The Morgan fingerprint density at radius 1 is 1.25 bits per heavy atom. The van der Waals surface area contributed by atoms with Gasteiger partial charge < -0.3 is 4.57 Å². The fourth-order valence-electron chi connectivity index (χ4n) is 1.89. The molecule has 2 rings (SSSR count). The summed E-state index contributed by atoms with van der Waals surface area (Å²) >= 11 is 0. The van der Waals surface area contributed by atoms with Crippen molar-refractivity contribution < 1.29 is 4.92 Å². The molecular weight excluding hydrogens is 256 g/mol. The van der Waals surface area contributed by atoms with Crippen molar-refractivity contribution in [2.45, 2.75) is 13.5 Å². The standard InChI is InChI=1S/C15H14N2O3/c1-12-9-11-16(15(18)14(12)17(19)20)10-5-8-13-6-3-2-4-7-13/h2-9,11H,10H2,1H3/b8-5+. The number of nitrogens with zero attached hydrogens (tertiary/aromatic N) is 2. The summed E-state index contributed by atoms with van der Waals surface area (Å²) in [5.41, 5.74) is 0.457. The van der Waals surface area contributed by atoms with Crippen molar-refractivity contribution in [3.63, 3.8) is 0 Å². The van der Waals surface area contributed by atoms with E-state index in [-0.39, 0.29) is 5.69 Å². The largest absolute Gasteiger partial charge is 0.336 e. The summed E-state index contributed by atoms with van der Waals surface area (Å²) in [5, 5.41) is 10.9. The van der Waals surface area contributed by atoms with Gasteiger partial charge >= 0.3 is 11.2 Å². The van der Waals surface area contributed by atoms with Crippen LogP contribution < -0.4 is 5.56 Å². The Kier molecular flexibility index (Phi) is 4.10. The smallest absolute Gasteiger partial charge is 0.306 e. The lowest BCUT2D eigenvalue weighted by atomic mass is 10.2. The van der Waals surface area contributed by atoms with Crippen molar-refractivity contribution in [2.75, 3.05) is 0 Å². The van der Waals surface area contributed by atoms with Gasteiger partial charge in [-0.2, -0.15) is 0 Å². The first-order valence-corrected chi connectivity index (χ1v) is 6.15. The fraction of sp³-hybridized carbons (Fsp3) is 0.133. The van der Waals surface area contributed by atoms with Crippen LogP contribution in [0.4, 0.5) is 5.69 Å². The highest BCUT2D eigenvalue weighted by Gasteiger charge is 2.17. The van der Waals surface area contributed by atoms with Crippen LogP contribution >= 0.6 is 0 Å². The molecule has 1 aromatic carbocycles. The van der Waals surface area contributed by atoms with E-state index in [4.69, 9.17) is 0 Å². The van der Waals surface area contributed by atoms with Crippen LogP contribution in [0.5, 0.6) is 0 Å². The van der Waals surface area contributed by atoms with E-state index in [1.165, 1.54) is 4.57 Å². The van der Waals surface area contributed by atoms with Crippen LogP contribution in [-0.2, 0) is 6.54 Å². The lowest BCUT2D eigenvalue weighted by Gasteiger charge is -2.03. The minimum Gasteiger partial charge on any atom is -0.306 e. The van der Waals surface area contributed by atoms with Gasteiger partial charge in [-0.25, -0.2) is 0 Å². The average Bonchev–Trinajstić information content (AvgIpc) is 2.42. The Bertz CT molecular complexity index is 703. The van der Waals surface area contributed by atoms with E-state index in [0.29, 0.717) is 12.1 Å². The predicted molar refractivity (Wildman–Crippen MR) is 77.6 cm³/mol. The number of rotatable bonds is 4. The summed E-state index contributed by atoms with van der Waals surface area (Å²) in [7, 11) is 0. The van der Waals surface area contributed by atoms with Gasteiger partial charge in [-0.1, -0.05) is 42.5 Å². The molecule has 0 aliphatic rings. The van der Waals surface area contributed by atoms with Gasteiger partial charge in [0, 0.05) is 18.3 Å². The molecular formula is C15H14N2O3. The third-order valence-electron chi connectivity index (χ3n) is 2.94. The van der Waals surface area contributed by atoms with Crippen LogP contribution in [0.1, 0.15) is 11.1 Å². The third-order valence-corrected chi connectivity index (χ3v) is 2.94. The monoisotopic (exact) mass is 270 g/mol. The van der Waals surface area contributed by atoms with E-state index in [9.17, 15) is 14.9 Å². The predicted octanol–water partition coefficient (Wildman–Crippen LogP) is 2.78. The Balaban J connectivity index is 2.23. The summed E-state index contributed by atoms with van der Waals surface area (Å²) in [4.78, 5) is 22.2. The maximum atomic E-state index is 12.0. The maximum absolute atomic E-state index is 12.0. The Hall–Kier alpha value is -2.69. The van der Waals surface area contributed by atoms with Crippen molar-refractivity contribution in [2.24, 2.45) is 0 Å². The van der Waals surface area contributed by atoms with Crippen LogP contribution in [0.25, 0.3) is 6.08 Å². The van der Waals surface area contributed by atoms with Crippen LogP contribution in [0.3, 0.4) is 0 Å². The first-order valence-electron chi connectivity index (χ1n) is 6.15. The van der Waals surface area contributed by atoms with Crippen molar-refractivity contribution >= 4 is 11.8 Å². The molecule has 5 nitrogen and oxygen atoms in total. The number of hydrogen-bond acceptors (Lipinski definition) is 3. The summed E-state index contributed by atoms with van der Waals surface area (Å²) in [5.74, 6) is 0. The first kappa shape index (κ1) is 13.7. The number of aromatic nitrogens is 1. The molecule has 0 N–H and O–H groups in total. The molecule has 102 valence electrons. The highest BCUT2D eigenvalue weighted by Crippen LogP contribution is 2.10. The minimum absolute atomic E-state index is 0.300.